The summed E-state index contributed by atoms with van der Waals surface area (Å²) in [6.07, 6.45) is 2.71. The topological polar surface area (TPSA) is 33.0 Å². The van der Waals surface area contributed by atoms with Gasteiger partial charge in [0.1, 0.15) is 5.75 Å². The Morgan fingerprint density at radius 3 is 2.71 bits per heavy atom. The third-order valence-corrected chi connectivity index (χ3v) is 4.45. The van der Waals surface area contributed by atoms with Crippen LogP contribution in [0.3, 0.4) is 0 Å². The molecule has 0 heterocycles. The van der Waals surface area contributed by atoms with Crippen LogP contribution in [0.15, 0.2) is 48.5 Å². The van der Waals surface area contributed by atoms with Gasteiger partial charge in [0.25, 0.3) is 0 Å². The summed E-state index contributed by atoms with van der Waals surface area (Å²) < 4.78 is 5.34. The third kappa shape index (κ3) is 2.64. The molecule has 0 aromatic heterocycles. The van der Waals surface area contributed by atoms with Crippen molar-refractivity contribution in [2.24, 2.45) is 5.92 Å². The summed E-state index contributed by atoms with van der Waals surface area (Å²) in [5, 5.41) is 9.14. The first-order valence-corrected chi connectivity index (χ1v) is 7.42. The maximum absolute atomic E-state index is 9.14. The quantitative estimate of drug-likeness (QED) is 0.837. The Hall–Kier alpha value is -2.27. The summed E-state index contributed by atoms with van der Waals surface area (Å²) in [5.41, 5.74) is 4.02. The molecule has 0 saturated heterocycles. The fourth-order valence-corrected chi connectivity index (χ4v) is 3.44. The van der Waals surface area contributed by atoms with Crippen molar-refractivity contribution in [3.05, 3.63) is 65.2 Å². The smallest absolute Gasteiger partial charge is 0.119 e. The zero-order valence-electron chi connectivity index (χ0n) is 12.3. The molecule has 0 spiro atoms. The van der Waals surface area contributed by atoms with Gasteiger partial charge < -0.3 is 4.74 Å². The second kappa shape index (κ2) is 6.01. The van der Waals surface area contributed by atoms with E-state index in [2.05, 4.69) is 42.5 Å². The van der Waals surface area contributed by atoms with Gasteiger partial charge in [-0.25, -0.2) is 0 Å². The summed E-state index contributed by atoms with van der Waals surface area (Å²) in [5.74, 6) is 1.64. The summed E-state index contributed by atoms with van der Waals surface area (Å²) in [7, 11) is 1.71. The first-order chi connectivity index (χ1) is 10.3. The molecule has 2 heteroatoms. The molecule has 0 aliphatic heterocycles. The van der Waals surface area contributed by atoms with Crippen molar-refractivity contribution in [3.8, 4) is 11.8 Å². The molecule has 0 unspecified atom stereocenters. The van der Waals surface area contributed by atoms with Crippen LogP contribution in [0.4, 0.5) is 0 Å². The first kappa shape index (κ1) is 13.7. The lowest BCUT2D eigenvalue weighted by atomic mass is 9.71. The molecule has 2 nitrogen and oxygen atoms in total. The number of nitriles is 1. The molecular formula is C19H19NO. The molecule has 3 rings (SSSR count). The molecule has 2 aromatic rings. The van der Waals surface area contributed by atoms with Crippen LogP contribution in [-0.4, -0.2) is 7.11 Å². The summed E-state index contributed by atoms with van der Waals surface area (Å²) in [6, 6.07) is 19.3. The molecule has 0 bridgehead atoms. The minimum atomic E-state index is 0.320. The highest BCUT2D eigenvalue weighted by Crippen LogP contribution is 2.43. The van der Waals surface area contributed by atoms with Crippen LogP contribution in [0, 0.1) is 17.2 Å². The maximum Gasteiger partial charge on any atom is 0.119 e. The molecule has 0 amide bonds. The van der Waals surface area contributed by atoms with Crippen LogP contribution in [0.1, 0.15) is 35.4 Å². The molecule has 0 saturated carbocycles. The highest BCUT2D eigenvalue weighted by atomic mass is 16.5. The lowest BCUT2D eigenvalue weighted by molar-refractivity contribution is 0.402. The number of fused-ring (bicyclic) bond motifs is 1. The third-order valence-electron chi connectivity index (χ3n) is 4.45. The van der Waals surface area contributed by atoms with E-state index in [1.165, 1.54) is 16.7 Å². The average Bonchev–Trinajstić information content (AvgIpc) is 2.55. The number of ether oxygens (including phenoxy) is 1. The number of benzene rings is 2. The summed E-state index contributed by atoms with van der Waals surface area (Å²) in [6.45, 7) is 0. The van der Waals surface area contributed by atoms with Gasteiger partial charge in [0.15, 0.2) is 0 Å². The van der Waals surface area contributed by atoms with Crippen molar-refractivity contribution in [2.75, 3.05) is 7.11 Å². The van der Waals surface area contributed by atoms with E-state index in [1.807, 2.05) is 12.1 Å². The van der Waals surface area contributed by atoms with Gasteiger partial charge in [0, 0.05) is 12.3 Å². The average molecular weight is 277 g/mol. The molecule has 0 fully saturated rings. The summed E-state index contributed by atoms with van der Waals surface area (Å²) in [4.78, 5) is 0. The van der Waals surface area contributed by atoms with Crippen molar-refractivity contribution in [2.45, 2.75) is 25.2 Å². The Labute approximate surface area is 126 Å². The Morgan fingerprint density at radius 1 is 1.19 bits per heavy atom. The van der Waals surface area contributed by atoms with Crippen LogP contribution in [0.25, 0.3) is 0 Å². The fourth-order valence-electron chi connectivity index (χ4n) is 3.44. The van der Waals surface area contributed by atoms with Crippen LogP contribution in [0.5, 0.6) is 5.75 Å². The van der Waals surface area contributed by atoms with E-state index in [4.69, 9.17) is 10.00 Å². The van der Waals surface area contributed by atoms with Gasteiger partial charge >= 0.3 is 0 Å². The first-order valence-electron chi connectivity index (χ1n) is 7.42. The number of aryl methyl sites for hydroxylation is 1. The van der Waals surface area contributed by atoms with Crippen LogP contribution in [-0.2, 0) is 6.42 Å². The molecule has 106 valence electrons. The zero-order chi connectivity index (χ0) is 14.7. The summed E-state index contributed by atoms with van der Waals surface area (Å²) >= 11 is 0. The molecule has 0 radical (unpaired) electrons. The lowest BCUT2D eigenvalue weighted by Crippen LogP contribution is -2.21. The van der Waals surface area contributed by atoms with Crippen molar-refractivity contribution in [1.82, 2.24) is 0 Å². The second-order valence-corrected chi connectivity index (χ2v) is 5.61. The molecular weight excluding hydrogens is 258 g/mol. The molecule has 21 heavy (non-hydrogen) atoms. The second-order valence-electron chi connectivity index (χ2n) is 5.61. The fraction of sp³-hybridized carbons (Fsp3) is 0.316. The van der Waals surface area contributed by atoms with Crippen molar-refractivity contribution >= 4 is 0 Å². The molecule has 0 N–H and O–H groups in total. The van der Waals surface area contributed by atoms with Crippen LogP contribution >= 0.6 is 0 Å². The van der Waals surface area contributed by atoms with E-state index in [0.717, 1.165) is 18.6 Å². The largest absolute Gasteiger partial charge is 0.497 e. The van der Waals surface area contributed by atoms with E-state index in [-0.39, 0.29) is 0 Å². The highest BCUT2D eigenvalue weighted by Gasteiger charge is 2.30. The molecule has 2 aromatic carbocycles. The predicted molar refractivity (Wildman–Crippen MR) is 83.3 cm³/mol. The van der Waals surface area contributed by atoms with Crippen LogP contribution < -0.4 is 4.74 Å². The predicted octanol–water partition coefficient (Wildman–Crippen LogP) is 4.30. The number of nitrogens with zero attached hydrogens (tertiary/aromatic N) is 1. The van der Waals surface area contributed by atoms with Gasteiger partial charge in [-0.05, 0) is 47.6 Å². The minimum Gasteiger partial charge on any atom is -0.497 e. The number of hydrogen-bond acceptors (Lipinski definition) is 2. The van der Waals surface area contributed by atoms with E-state index in [1.54, 1.807) is 7.11 Å². The van der Waals surface area contributed by atoms with E-state index in [9.17, 15) is 0 Å². The van der Waals surface area contributed by atoms with Gasteiger partial charge in [-0.2, -0.15) is 5.26 Å². The van der Waals surface area contributed by atoms with Crippen molar-refractivity contribution < 1.29 is 4.74 Å². The molecule has 1 aliphatic carbocycles. The Morgan fingerprint density at radius 2 is 2.00 bits per heavy atom. The Balaban J connectivity index is 2.07. The number of methoxy groups -OCH3 is 1. The molecule has 2 atom stereocenters. The van der Waals surface area contributed by atoms with E-state index in [0.29, 0.717) is 18.3 Å². The van der Waals surface area contributed by atoms with E-state index < -0.39 is 0 Å². The van der Waals surface area contributed by atoms with Crippen molar-refractivity contribution in [3.63, 3.8) is 0 Å². The van der Waals surface area contributed by atoms with Gasteiger partial charge in [0.2, 0.25) is 0 Å². The number of rotatable bonds is 3. The minimum absolute atomic E-state index is 0.320. The van der Waals surface area contributed by atoms with Gasteiger partial charge in [-0.15, -0.1) is 0 Å². The van der Waals surface area contributed by atoms with Gasteiger partial charge in [-0.1, -0.05) is 36.4 Å². The van der Waals surface area contributed by atoms with Gasteiger partial charge in [-0.3, -0.25) is 0 Å². The normalized spacial score (nSPS) is 20.4. The lowest BCUT2D eigenvalue weighted by Gasteiger charge is -2.33. The number of hydrogen-bond donors (Lipinski definition) is 0. The maximum atomic E-state index is 9.14. The standard InChI is InChI=1S/C19H19NO/c1-21-17-9-10-18-16(13-17)8-7-15(11-12-20)19(18)14-5-3-2-4-6-14/h2-6,9-10,13,15,19H,7-8,11H2,1H3/t15-,19+/m1/s1. The Bertz CT molecular complexity index is 657. The van der Waals surface area contributed by atoms with Crippen molar-refractivity contribution in [1.29, 1.82) is 5.26 Å². The highest BCUT2D eigenvalue weighted by molar-refractivity contribution is 5.44. The van der Waals surface area contributed by atoms with Crippen LogP contribution in [0.2, 0.25) is 0 Å². The Kier molecular flexibility index (Phi) is 3.92. The SMILES string of the molecule is COc1ccc2c(c1)CC[C@H](CC#N)[C@@H]2c1ccccc1. The zero-order valence-corrected chi connectivity index (χ0v) is 12.3. The van der Waals surface area contributed by atoms with Gasteiger partial charge in [0.05, 0.1) is 13.2 Å². The monoisotopic (exact) mass is 277 g/mol. The molecule has 1 aliphatic rings. The van der Waals surface area contributed by atoms with E-state index >= 15 is 0 Å².